The van der Waals surface area contributed by atoms with E-state index < -0.39 is 52.7 Å². The summed E-state index contributed by atoms with van der Waals surface area (Å²) in [7, 11) is 0. The molecule has 6 rings (SSSR count). The van der Waals surface area contributed by atoms with Crippen LogP contribution in [0.15, 0.2) is 72.8 Å². The van der Waals surface area contributed by atoms with Crippen molar-refractivity contribution in [3.05, 3.63) is 106 Å². The Bertz CT molecular complexity index is 1400. The number of ketones is 2. The van der Waals surface area contributed by atoms with Crippen LogP contribution in [-0.4, -0.2) is 33.9 Å². The van der Waals surface area contributed by atoms with Crippen molar-refractivity contribution in [2.24, 2.45) is 11.8 Å². The number of ether oxygens (including phenoxy) is 1. The Labute approximate surface area is 204 Å². The molecule has 0 bridgehead atoms. The molecule has 3 aromatic carbocycles. The Morgan fingerprint density at radius 2 is 1.43 bits per heavy atom. The molecular formula is C27H17ClFNO5. The summed E-state index contributed by atoms with van der Waals surface area (Å²) in [5, 5.41) is 0.497. The van der Waals surface area contributed by atoms with E-state index in [1.807, 2.05) is 0 Å². The van der Waals surface area contributed by atoms with Gasteiger partial charge in [0, 0.05) is 21.7 Å². The lowest BCUT2D eigenvalue weighted by Gasteiger charge is -2.27. The van der Waals surface area contributed by atoms with Gasteiger partial charge in [-0.1, -0.05) is 66.2 Å². The van der Waals surface area contributed by atoms with E-state index in [9.17, 15) is 23.6 Å². The molecule has 3 atom stereocenters. The van der Waals surface area contributed by atoms with Gasteiger partial charge in [-0.25, -0.2) is 4.39 Å². The molecule has 0 unspecified atom stereocenters. The molecule has 0 saturated carbocycles. The lowest BCUT2D eigenvalue weighted by Crippen LogP contribution is -2.50. The fraction of sp³-hybridized carbons (Fsp3) is 0.185. The van der Waals surface area contributed by atoms with Crippen molar-refractivity contribution in [2.45, 2.75) is 18.2 Å². The number of likely N-dealkylation sites (tertiary alicyclic amines) is 1. The normalized spacial score (nSPS) is 24.4. The molecule has 2 fully saturated rings. The maximum absolute atomic E-state index is 14.9. The number of fused-ring (bicyclic) bond motifs is 3. The summed E-state index contributed by atoms with van der Waals surface area (Å²) in [6.07, 6.45) is -1.28. The number of carbonyl (C=O) groups is 4. The first-order chi connectivity index (χ1) is 16.8. The average molecular weight is 490 g/mol. The first kappa shape index (κ1) is 21.8. The molecule has 1 spiro atoms. The number of carbonyl (C=O) groups excluding carboxylic acids is 4. The van der Waals surface area contributed by atoms with E-state index in [0.717, 1.165) is 4.90 Å². The van der Waals surface area contributed by atoms with Crippen molar-refractivity contribution in [1.29, 1.82) is 0 Å². The molecule has 2 heterocycles. The Balaban J connectivity index is 1.49. The maximum atomic E-state index is 14.9. The van der Waals surface area contributed by atoms with Crippen molar-refractivity contribution in [2.75, 3.05) is 0 Å². The highest BCUT2D eigenvalue weighted by Gasteiger charge is 2.74. The first-order valence-electron chi connectivity index (χ1n) is 11.0. The third kappa shape index (κ3) is 2.92. The summed E-state index contributed by atoms with van der Waals surface area (Å²) in [5.41, 5.74) is -1.31. The number of imide groups is 1. The highest BCUT2D eigenvalue weighted by molar-refractivity contribution is 6.35. The van der Waals surface area contributed by atoms with E-state index in [2.05, 4.69) is 0 Å². The van der Waals surface area contributed by atoms with E-state index >= 15 is 0 Å². The van der Waals surface area contributed by atoms with Gasteiger partial charge in [0.15, 0.2) is 0 Å². The topological polar surface area (TPSA) is 80.8 Å². The summed E-state index contributed by atoms with van der Waals surface area (Å²) in [4.78, 5) is 55.7. The molecule has 0 N–H and O–H groups in total. The molecular weight excluding hydrogens is 473 g/mol. The van der Waals surface area contributed by atoms with Crippen molar-refractivity contribution in [3.8, 4) is 0 Å². The number of nitrogens with zero attached hydrogens (tertiary/aromatic N) is 1. The predicted octanol–water partition coefficient (Wildman–Crippen LogP) is 4.17. The third-order valence-corrected chi connectivity index (χ3v) is 7.33. The van der Waals surface area contributed by atoms with Gasteiger partial charge in [0.25, 0.3) is 0 Å². The maximum Gasteiger partial charge on any atom is 0.237 e. The van der Waals surface area contributed by atoms with Crippen LogP contribution in [-0.2, 0) is 20.9 Å². The molecule has 0 aromatic heterocycles. The number of halogens is 2. The van der Waals surface area contributed by atoms with E-state index in [1.165, 1.54) is 30.3 Å². The van der Waals surface area contributed by atoms with Gasteiger partial charge < -0.3 is 4.74 Å². The quantitative estimate of drug-likeness (QED) is 0.407. The number of Topliss-reactive ketones (excluding diaryl/α,β-unsaturated/α-hetero) is 2. The second kappa shape index (κ2) is 7.66. The van der Waals surface area contributed by atoms with Crippen LogP contribution in [0.2, 0.25) is 5.02 Å². The van der Waals surface area contributed by atoms with Crippen LogP contribution in [0.1, 0.15) is 37.9 Å². The summed E-state index contributed by atoms with van der Waals surface area (Å²) < 4.78 is 20.9. The number of benzene rings is 3. The highest BCUT2D eigenvalue weighted by atomic mass is 35.5. The van der Waals surface area contributed by atoms with Crippen molar-refractivity contribution in [1.82, 2.24) is 4.90 Å². The van der Waals surface area contributed by atoms with Crippen LogP contribution in [0.25, 0.3) is 0 Å². The lowest BCUT2D eigenvalue weighted by molar-refractivity contribution is -0.145. The van der Waals surface area contributed by atoms with Gasteiger partial charge in [-0.15, -0.1) is 0 Å². The van der Waals surface area contributed by atoms with E-state index in [0.29, 0.717) is 10.6 Å². The van der Waals surface area contributed by atoms with Crippen LogP contribution in [0.5, 0.6) is 0 Å². The van der Waals surface area contributed by atoms with Crippen molar-refractivity contribution < 1.29 is 28.3 Å². The molecule has 35 heavy (non-hydrogen) atoms. The van der Waals surface area contributed by atoms with Crippen LogP contribution < -0.4 is 0 Å². The SMILES string of the molecule is O=C1[C@H]2[C@@H](c3ccccc3F)OC3(C(=O)c4ccccc4C3=O)[C@H]2C(=O)N1Cc1ccc(Cl)cc1. The van der Waals surface area contributed by atoms with Gasteiger partial charge in [-0.05, 0) is 23.8 Å². The molecule has 2 aliphatic heterocycles. The van der Waals surface area contributed by atoms with Gasteiger partial charge in [0.2, 0.25) is 29.0 Å². The van der Waals surface area contributed by atoms with E-state index in [1.54, 1.807) is 42.5 Å². The first-order valence-corrected chi connectivity index (χ1v) is 11.4. The zero-order chi connectivity index (χ0) is 24.5. The van der Waals surface area contributed by atoms with Crippen molar-refractivity contribution >= 4 is 35.0 Å². The minimum Gasteiger partial charge on any atom is -0.349 e. The Hall–Kier alpha value is -3.68. The number of hydrogen-bond acceptors (Lipinski definition) is 5. The lowest BCUT2D eigenvalue weighted by atomic mass is 9.77. The number of rotatable bonds is 3. The highest BCUT2D eigenvalue weighted by Crippen LogP contribution is 2.57. The largest absolute Gasteiger partial charge is 0.349 e. The van der Waals surface area contributed by atoms with Gasteiger partial charge in [-0.2, -0.15) is 0 Å². The zero-order valence-electron chi connectivity index (χ0n) is 18.1. The minimum atomic E-state index is -2.22. The fourth-order valence-corrected chi connectivity index (χ4v) is 5.62. The zero-order valence-corrected chi connectivity index (χ0v) is 18.9. The Morgan fingerprint density at radius 3 is 2.06 bits per heavy atom. The van der Waals surface area contributed by atoms with Gasteiger partial charge in [-0.3, -0.25) is 24.1 Å². The van der Waals surface area contributed by atoms with Crippen LogP contribution in [0.4, 0.5) is 4.39 Å². The average Bonchev–Trinajstić information content (AvgIpc) is 3.42. The standard InChI is InChI=1S/C27H17ClFNO5/c28-15-11-9-14(10-12-15)13-30-25(33)20-21(26(30)34)27(35-22(20)18-7-3-4-8-19(18)29)23(31)16-5-1-2-6-17(16)24(27)32/h1-12,20-22H,13H2/t20-,21-,22-/m1/s1. The number of hydrogen-bond donors (Lipinski definition) is 0. The van der Waals surface area contributed by atoms with Crippen molar-refractivity contribution in [3.63, 3.8) is 0 Å². The summed E-state index contributed by atoms with van der Waals surface area (Å²) in [5.74, 6) is -5.95. The predicted molar refractivity (Wildman–Crippen MR) is 122 cm³/mol. The van der Waals surface area contributed by atoms with Crippen LogP contribution >= 0.6 is 11.6 Å². The molecule has 174 valence electrons. The molecule has 3 aliphatic rings. The van der Waals surface area contributed by atoms with Crippen LogP contribution in [0, 0.1) is 17.7 Å². The molecule has 8 heteroatoms. The smallest absolute Gasteiger partial charge is 0.237 e. The van der Waals surface area contributed by atoms with E-state index in [4.69, 9.17) is 16.3 Å². The molecule has 0 radical (unpaired) electrons. The molecule has 2 amide bonds. The van der Waals surface area contributed by atoms with E-state index in [-0.39, 0.29) is 23.2 Å². The summed E-state index contributed by atoms with van der Waals surface area (Å²) >= 11 is 5.95. The summed E-state index contributed by atoms with van der Waals surface area (Å²) in [6.45, 7) is -0.0722. The van der Waals surface area contributed by atoms with Crippen LogP contribution in [0.3, 0.4) is 0 Å². The molecule has 6 nitrogen and oxygen atoms in total. The second-order valence-corrected chi connectivity index (χ2v) is 9.33. The van der Waals surface area contributed by atoms with Gasteiger partial charge >= 0.3 is 0 Å². The Morgan fingerprint density at radius 1 is 0.829 bits per heavy atom. The fourth-order valence-electron chi connectivity index (χ4n) is 5.49. The third-order valence-electron chi connectivity index (χ3n) is 7.08. The molecule has 3 aromatic rings. The second-order valence-electron chi connectivity index (χ2n) is 8.89. The minimum absolute atomic E-state index is 0.0189. The molecule has 2 saturated heterocycles. The van der Waals surface area contributed by atoms with Gasteiger partial charge in [0.1, 0.15) is 5.82 Å². The number of amides is 2. The Kier molecular flexibility index (Phi) is 4.78. The summed E-state index contributed by atoms with van der Waals surface area (Å²) in [6, 6.07) is 18.5. The molecule has 1 aliphatic carbocycles. The van der Waals surface area contributed by atoms with Gasteiger partial charge in [0.05, 0.1) is 24.5 Å². The monoisotopic (exact) mass is 489 g/mol.